The molecule has 0 unspecified atom stereocenters. The van der Waals surface area contributed by atoms with Crippen LogP contribution in [0.4, 0.5) is 5.82 Å². The van der Waals surface area contributed by atoms with Crippen molar-refractivity contribution in [1.29, 1.82) is 0 Å². The van der Waals surface area contributed by atoms with Crippen LogP contribution in [-0.2, 0) is 22.5 Å². The first kappa shape index (κ1) is 18.4. The number of aromatic amines is 1. The van der Waals surface area contributed by atoms with Crippen LogP contribution in [0.2, 0.25) is 0 Å². The van der Waals surface area contributed by atoms with E-state index in [0.717, 1.165) is 46.6 Å². The lowest BCUT2D eigenvalue weighted by molar-refractivity contribution is -0.0396. The Kier molecular flexibility index (Phi) is 4.38. The van der Waals surface area contributed by atoms with Gasteiger partial charge in [-0.05, 0) is 25.7 Å². The highest BCUT2D eigenvalue weighted by atomic mass is 32.2. The molecule has 3 aromatic rings. The number of thioether (sulfide) groups is 1. The molecule has 5 rings (SSSR count). The Bertz CT molecular complexity index is 1130. The highest BCUT2D eigenvalue weighted by molar-refractivity contribution is 7.98. The molecule has 0 spiro atoms. The smallest absolute Gasteiger partial charge is 0.269 e. The largest absolute Gasteiger partial charge is 0.378 e. The minimum Gasteiger partial charge on any atom is -0.378 e. The second-order valence-electron chi connectivity index (χ2n) is 7.75. The number of nitrogens with one attached hydrogen (secondary N) is 1. The van der Waals surface area contributed by atoms with Crippen molar-refractivity contribution in [2.75, 3.05) is 37.5 Å². The van der Waals surface area contributed by atoms with Gasteiger partial charge < -0.3 is 19.4 Å². The van der Waals surface area contributed by atoms with Gasteiger partial charge in [0.25, 0.3) is 5.56 Å². The summed E-state index contributed by atoms with van der Waals surface area (Å²) in [5.74, 6) is 0.967. The van der Waals surface area contributed by atoms with E-state index >= 15 is 0 Å². The summed E-state index contributed by atoms with van der Waals surface area (Å²) in [6.07, 6.45) is 2.69. The van der Waals surface area contributed by atoms with Gasteiger partial charge in [-0.2, -0.15) is 0 Å². The van der Waals surface area contributed by atoms with Crippen LogP contribution in [0.5, 0.6) is 0 Å². The summed E-state index contributed by atoms with van der Waals surface area (Å²) in [5, 5.41) is 1.65. The first-order valence-corrected chi connectivity index (χ1v) is 11.4. The summed E-state index contributed by atoms with van der Waals surface area (Å²) >= 11 is 2.88. The predicted octanol–water partition coefficient (Wildman–Crippen LogP) is 2.94. The maximum absolute atomic E-state index is 12.6. The van der Waals surface area contributed by atoms with Crippen LogP contribution < -0.4 is 10.5 Å². The van der Waals surface area contributed by atoms with Gasteiger partial charge in [0.1, 0.15) is 15.3 Å². The van der Waals surface area contributed by atoms with Gasteiger partial charge in [-0.1, -0.05) is 11.8 Å². The molecule has 148 valence electrons. The molecule has 28 heavy (non-hydrogen) atoms. The first-order chi connectivity index (χ1) is 13.5. The molecule has 9 heteroatoms. The number of rotatable bonds is 2. The Labute approximate surface area is 170 Å². The van der Waals surface area contributed by atoms with Crippen molar-refractivity contribution in [3.05, 3.63) is 21.5 Å². The number of anilines is 1. The molecular formula is C19H22N4O3S2. The van der Waals surface area contributed by atoms with Crippen LogP contribution >= 0.6 is 23.1 Å². The second-order valence-corrected chi connectivity index (χ2v) is 9.55. The minimum absolute atomic E-state index is 0.0923. The average Bonchev–Trinajstić information content (AvgIpc) is 3.06. The SMILES string of the molecule is CSc1nc2c(sc3nc(N4CCOCC4)c4c(c32)CC(C)(C)OC4)c(=O)[nH]1. The number of nitrogens with zero attached hydrogens (tertiary/aromatic N) is 3. The Morgan fingerprint density at radius 3 is 2.75 bits per heavy atom. The number of morpholine rings is 1. The summed E-state index contributed by atoms with van der Waals surface area (Å²) in [6.45, 7) is 7.77. The molecule has 7 nitrogen and oxygen atoms in total. The average molecular weight is 419 g/mol. The molecule has 0 bridgehead atoms. The monoisotopic (exact) mass is 418 g/mol. The zero-order chi connectivity index (χ0) is 19.5. The van der Waals surface area contributed by atoms with Crippen molar-refractivity contribution in [2.45, 2.75) is 37.6 Å². The highest BCUT2D eigenvalue weighted by Crippen LogP contribution is 2.42. The van der Waals surface area contributed by atoms with Crippen LogP contribution in [0.1, 0.15) is 25.0 Å². The number of aromatic nitrogens is 3. The number of ether oxygens (including phenoxy) is 2. The number of H-pyrrole nitrogens is 1. The normalized spacial score (nSPS) is 19.3. The van der Waals surface area contributed by atoms with Gasteiger partial charge in [0.2, 0.25) is 0 Å². The van der Waals surface area contributed by atoms with E-state index < -0.39 is 0 Å². The number of pyridine rings is 1. The van der Waals surface area contributed by atoms with Crippen LogP contribution in [-0.4, -0.2) is 53.1 Å². The van der Waals surface area contributed by atoms with E-state index in [4.69, 9.17) is 19.4 Å². The van der Waals surface area contributed by atoms with Gasteiger partial charge in [0.05, 0.1) is 30.9 Å². The molecular weight excluding hydrogens is 396 g/mol. The molecule has 0 radical (unpaired) electrons. The van der Waals surface area contributed by atoms with E-state index in [0.29, 0.717) is 29.7 Å². The molecule has 5 heterocycles. The van der Waals surface area contributed by atoms with E-state index in [9.17, 15) is 4.79 Å². The minimum atomic E-state index is -0.263. The van der Waals surface area contributed by atoms with E-state index in [-0.39, 0.29) is 11.2 Å². The standard InChI is InChI=1S/C19H22N4O3S2/c1-19(2)8-10-11(9-26-19)15(23-4-6-25-7-5-23)21-17-12(10)13-14(28-17)16(24)22-18(20-13)27-3/h4-9H2,1-3H3,(H,20,22,24). The fraction of sp³-hybridized carbons (Fsp3) is 0.526. The molecule has 1 fully saturated rings. The molecule has 0 saturated carbocycles. The Balaban J connectivity index is 1.84. The van der Waals surface area contributed by atoms with Crippen molar-refractivity contribution in [2.24, 2.45) is 0 Å². The maximum Gasteiger partial charge on any atom is 0.269 e. The quantitative estimate of drug-likeness (QED) is 0.506. The molecule has 2 aliphatic rings. The fourth-order valence-corrected chi connectivity index (χ4v) is 5.39. The molecule has 0 aliphatic carbocycles. The predicted molar refractivity (Wildman–Crippen MR) is 113 cm³/mol. The summed E-state index contributed by atoms with van der Waals surface area (Å²) in [7, 11) is 0. The third-order valence-corrected chi connectivity index (χ3v) is 7.01. The molecule has 3 aromatic heterocycles. The van der Waals surface area contributed by atoms with Crippen molar-refractivity contribution in [3.63, 3.8) is 0 Å². The maximum atomic E-state index is 12.6. The summed E-state index contributed by atoms with van der Waals surface area (Å²) in [6, 6.07) is 0. The van der Waals surface area contributed by atoms with E-state index in [1.54, 1.807) is 0 Å². The van der Waals surface area contributed by atoms with Crippen molar-refractivity contribution >= 4 is 49.3 Å². The van der Waals surface area contributed by atoms with E-state index in [1.807, 2.05) is 6.26 Å². The molecule has 0 aromatic carbocycles. The summed E-state index contributed by atoms with van der Waals surface area (Å²) in [4.78, 5) is 28.4. The van der Waals surface area contributed by atoms with Crippen molar-refractivity contribution in [3.8, 4) is 0 Å². The van der Waals surface area contributed by atoms with Gasteiger partial charge in [0.15, 0.2) is 5.16 Å². The zero-order valence-electron chi connectivity index (χ0n) is 16.1. The third-order valence-electron chi connectivity index (χ3n) is 5.36. The van der Waals surface area contributed by atoms with Gasteiger partial charge in [0, 0.05) is 30.5 Å². The van der Waals surface area contributed by atoms with Crippen molar-refractivity contribution < 1.29 is 9.47 Å². The van der Waals surface area contributed by atoms with Gasteiger partial charge in [-0.25, -0.2) is 9.97 Å². The van der Waals surface area contributed by atoms with Gasteiger partial charge in [-0.3, -0.25) is 4.79 Å². The fourth-order valence-electron chi connectivity index (χ4n) is 3.98. The second kappa shape index (κ2) is 6.69. The number of hydrogen-bond acceptors (Lipinski definition) is 8. The van der Waals surface area contributed by atoms with Crippen LogP contribution in [0.25, 0.3) is 20.4 Å². The molecule has 0 amide bonds. The Morgan fingerprint density at radius 1 is 1.21 bits per heavy atom. The van der Waals surface area contributed by atoms with E-state index in [1.165, 1.54) is 28.7 Å². The summed E-state index contributed by atoms with van der Waals surface area (Å²) in [5.41, 5.74) is 2.76. The molecule has 2 aliphatic heterocycles. The molecule has 1 saturated heterocycles. The van der Waals surface area contributed by atoms with Crippen molar-refractivity contribution in [1.82, 2.24) is 15.0 Å². The van der Waals surface area contributed by atoms with Crippen LogP contribution in [0, 0.1) is 0 Å². The van der Waals surface area contributed by atoms with Gasteiger partial charge in [-0.15, -0.1) is 11.3 Å². The number of thiophene rings is 1. The number of fused-ring (bicyclic) bond motifs is 5. The highest BCUT2D eigenvalue weighted by Gasteiger charge is 2.33. The number of hydrogen-bond donors (Lipinski definition) is 1. The lowest BCUT2D eigenvalue weighted by Gasteiger charge is -2.36. The Morgan fingerprint density at radius 2 is 2.00 bits per heavy atom. The van der Waals surface area contributed by atoms with Gasteiger partial charge >= 0.3 is 0 Å². The topological polar surface area (TPSA) is 80.3 Å². The van der Waals surface area contributed by atoms with E-state index in [2.05, 4.69) is 23.7 Å². The third kappa shape index (κ3) is 2.92. The zero-order valence-corrected chi connectivity index (χ0v) is 17.8. The lowest BCUT2D eigenvalue weighted by Crippen LogP contribution is -2.39. The molecule has 0 atom stereocenters. The van der Waals surface area contributed by atoms with Crippen LogP contribution in [0.15, 0.2) is 9.95 Å². The lowest BCUT2D eigenvalue weighted by atomic mass is 9.90. The van der Waals surface area contributed by atoms with Crippen LogP contribution in [0.3, 0.4) is 0 Å². The summed E-state index contributed by atoms with van der Waals surface area (Å²) < 4.78 is 12.3. The molecule has 1 N–H and O–H groups in total. The Hall–Kier alpha value is -1.68. The first-order valence-electron chi connectivity index (χ1n) is 9.36.